The number of aromatic nitrogens is 2. The van der Waals surface area contributed by atoms with Gasteiger partial charge in [-0.3, -0.25) is 10.1 Å². The highest BCUT2D eigenvalue weighted by atomic mass is 35.5. The number of non-ortho nitro benzene ring substituents is 1. The zero-order valence-electron chi connectivity index (χ0n) is 18.7. The number of nitro groups is 1. The minimum atomic E-state index is -0.639. The van der Waals surface area contributed by atoms with Gasteiger partial charge in [-0.05, 0) is 48.6 Å². The minimum Gasteiger partial charge on any atom is -0.492 e. The molecule has 8 nitrogen and oxygen atoms in total. The highest BCUT2D eigenvalue weighted by Crippen LogP contribution is 2.41. The Morgan fingerprint density at radius 2 is 2.09 bits per heavy atom. The molecule has 1 unspecified atom stereocenters. The molecule has 2 aromatic carbocycles. The van der Waals surface area contributed by atoms with E-state index in [1.807, 2.05) is 18.0 Å². The molecule has 0 saturated carbocycles. The molecule has 4 rings (SSSR count). The third kappa shape index (κ3) is 5.15. The molecule has 1 heterocycles. The molecule has 0 spiro atoms. The Morgan fingerprint density at radius 1 is 1.29 bits per heavy atom. The summed E-state index contributed by atoms with van der Waals surface area (Å²) >= 11 is 6.19. The van der Waals surface area contributed by atoms with E-state index in [-0.39, 0.29) is 34.8 Å². The summed E-state index contributed by atoms with van der Waals surface area (Å²) in [5.74, 6) is -0.834. The Balaban J connectivity index is 1.46. The normalized spacial score (nSPS) is 14.3. The van der Waals surface area contributed by atoms with Gasteiger partial charge in [-0.2, -0.15) is 5.26 Å². The van der Waals surface area contributed by atoms with Crippen molar-refractivity contribution in [2.45, 2.75) is 25.2 Å². The molecule has 0 radical (unpaired) electrons. The number of halogens is 3. The van der Waals surface area contributed by atoms with Crippen molar-refractivity contribution in [2.24, 2.45) is 0 Å². The van der Waals surface area contributed by atoms with E-state index in [4.69, 9.17) is 16.3 Å². The zero-order chi connectivity index (χ0) is 25.1. The largest absolute Gasteiger partial charge is 0.492 e. The summed E-state index contributed by atoms with van der Waals surface area (Å²) in [6.45, 7) is 0.719. The number of nitriles is 1. The summed E-state index contributed by atoms with van der Waals surface area (Å²) in [4.78, 5) is 21.1. The molecule has 1 atom stereocenters. The van der Waals surface area contributed by atoms with E-state index >= 15 is 0 Å². The Bertz CT molecular complexity index is 1330. The van der Waals surface area contributed by atoms with Crippen LogP contribution in [0.5, 0.6) is 5.75 Å². The van der Waals surface area contributed by atoms with Gasteiger partial charge in [0, 0.05) is 37.2 Å². The summed E-state index contributed by atoms with van der Waals surface area (Å²) in [7, 11) is 1.83. The van der Waals surface area contributed by atoms with Gasteiger partial charge >= 0.3 is 0 Å². The van der Waals surface area contributed by atoms with Crippen molar-refractivity contribution in [3.63, 3.8) is 0 Å². The molecule has 1 aliphatic rings. The van der Waals surface area contributed by atoms with E-state index in [9.17, 15) is 24.2 Å². The van der Waals surface area contributed by atoms with Gasteiger partial charge in [0.15, 0.2) is 0 Å². The number of nitro benzene ring substituents is 1. The lowest BCUT2D eigenvalue weighted by atomic mass is 9.96. The van der Waals surface area contributed by atoms with E-state index < -0.39 is 16.6 Å². The predicted octanol–water partition coefficient (Wildman–Crippen LogP) is 5.17. The molecule has 0 N–H and O–H groups in total. The van der Waals surface area contributed by atoms with Crippen molar-refractivity contribution < 1.29 is 18.4 Å². The molecule has 0 aliphatic heterocycles. The number of hydrogen-bond acceptors (Lipinski definition) is 7. The standard InChI is InChI=1S/C24H20ClF2N5O3/c1-31(9-2-10-35-21-12-16(32(33)34)5-3-14(21)13-28)23-19-8-7-18(22(19)29-24(25)30-23)17-6-4-15(26)11-20(17)27/h3-6,11-12,18H,2,7-10H2,1H3. The quantitative estimate of drug-likeness (QED) is 0.182. The molecule has 1 aliphatic carbocycles. The van der Waals surface area contributed by atoms with Crippen LogP contribution in [0, 0.1) is 33.1 Å². The fourth-order valence-corrected chi connectivity index (χ4v) is 4.41. The van der Waals surface area contributed by atoms with Crippen LogP contribution >= 0.6 is 11.6 Å². The molecule has 0 bridgehead atoms. The zero-order valence-corrected chi connectivity index (χ0v) is 19.4. The number of fused-ring (bicyclic) bond motifs is 1. The van der Waals surface area contributed by atoms with Gasteiger partial charge in [0.25, 0.3) is 5.69 Å². The lowest BCUT2D eigenvalue weighted by molar-refractivity contribution is -0.384. The number of anilines is 1. The van der Waals surface area contributed by atoms with Crippen LogP contribution in [0.25, 0.3) is 0 Å². The Morgan fingerprint density at radius 3 is 2.80 bits per heavy atom. The number of rotatable bonds is 8. The van der Waals surface area contributed by atoms with Crippen LogP contribution in [0.1, 0.15) is 41.1 Å². The third-order valence-electron chi connectivity index (χ3n) is 5.89. The van der Waals surface area contributed by atoms with Crippen LogP contribution < -0.4 is 9.64 Å². The van der Waals surface area contributed by atoms with Crippen molar-refractivity contribution >= 4 is 23.1 Å². The van der Waals surface area contributed by atoms with Gasteiger partial charge in [0.1, 0.15) is 29.3 Å². The maximum absolute atomic E-state index is 14.4. The second-order valence-electron chi connectivity index (χ2n) is 8.11. The lowest BCUT2D eigenvalue weighted by Crippen LogP contribution is -2.23. The Kier molecular flexibility index (Phi) is 7.07. The first-order chi connectivity index (χ1) is 16.8. The number of ether oxygens (including phenoxy) is 1. The summed E-state index contributed by atoms with van der Waals surface area (Å²) in [5, 5.41) is 20.2. The van der Waals surface area contributed by atoms with Crippen molar-refractivity contribution in [2.75, 3.05) is 25.1 Å². The predicted molar refractivity (Wildman–Crippen MR) is 125 cm³/mol. The van der Waals surface area contributed by atoms with Gasteiger partial charge in [-0.15, -0.1) is 0 Å². The average molecular weight is 500 g/mol. The first kappa shape index (κ1) is 24.3. The minimum absolute atomic E-state index is 0.0338. The fraction of sp³-hybridized carbons (Fsp3) is 0.292. The van der Waals surface area contributed by atoms with Crippen LogP contribution in [0.2, 0.25) is 5.28 Å². The summed E-state index contributed by atoms with van der Waals surface area (Å²) < 4.78 is 33.4. The third-order valence-corrected chi connectivity index (χ3v) is 6.06. The highest BCUT2D eigenvalue weighted by Gasteiger charge is 2.32. The first-order valence-corrected chi connectivity index (χ1v) is 11.2. The van der Waals surface area contributed by atoms with E-state index in [0.717, 1.165) is 11.6 Å². The van der Waals surface area contributed by atoms with Gasteiger partial charge in [0.05, 0.1) is 28.9 Å². The first-order valence-electron chi connectivity index (χ1n) is 10.8. The molecule has 0 fully saturated rings. The van der Waals surface area contributed by atoms with Gasteiger partial charge in [-0.1, -0.05) is 6.07 Å². The fourth-order valence-electron chi connectivity index (χ4n) is 4.24. The molecule has 180 valence electrons. The monoisotopic (exact) mass is 499 g/mol. The molecule has 3 aromatic rings. The van der Waals surface area contributed by atoms with E-state index in [1.165, 1.54) is 30.3 Å². The summed E-state index contributed by atoms with van der Waals surface area (Å²) in [5.41, 5.74) is 1.91. The van der Waals surface area contributed by atoms with E-state index in [1.54, 1.807) is 0 Å². The second-order valence-corrected chi connectivity index (χ2v) is 8.45. The van der Waals surface area contributed by atoms with E-state index in [0.29, 0.717) is 42.9 Å². The van der Waals surface area contributed by atoms with Crippen LogP contribution in [-0.2, 0) is 6.42 Å². The maximum atomic E-state index is 14.4. The highest BCUT2D eigenvalue weighted by molar-refractivity contribution is 6.28. The topological polar surface area (TPSA) is 105 Å². The molecule has 11 heteroatoms. The Hall–Kier alpha value is -3.84. The van der Waals surface area contributed by atoms with Crippen LogP contribution in [0.3, 0.4) is 0 Å². The Labute approximate surface area is 204 Å². The average Bonchev–Trinajstić information content (AvgIpc) is 3.24. The molecule has 0 amide bonds. The van der Waals surface area contributed by atoms with Crippen LogP contribution in [-0.4, -0.2) is 35.1 Å². The molecule has 0 saturated heterocycles. The SMILES string of the molecule is CN(CCCOc1cc([N+](=O)[O-])ccc1C#N)c1nc(Cl)nc2c1CCC2c1ccc(F)cc1F. The number of benzene rings is 2. The smallest absolute Gasteiger partial charge is 0.273 e. The molecular formula is C24H20ClF2N5O3. The lowest BCUT2D eigenvalue weighted by Gasteiger charge is -2.21. The maximum Gasteiger partial charge on any atom is 0.273 e. The number of nitrogens with zero attached hydrogens (tertiary/aromatic N) is 5. The van der Waals surface area contributed by atoms with Crippen molar-refractivity contribution in [1.82, 2.24) is 9.97 Å². The molecule has 35 heavy (non-hydrogen) atoms. The summed E-state index contributed by atoms with van der Waals surface area (Å²) in [6, 6.07) is 9.32. The van der Waals surface area contributed by atoms with E-state index in [2.05, 4.69) is 9.97 Å². The van der Waals surface area contributed by atoms with Crippen LogP contribution in [0.4, 0.5) is 20.3 Å². The molecule has 1 aromatic heterocycles. The second kappa shape index (κ2) is 10.2. The van der Waals surface area contributed by atoms with Gasteiger partial charge in [-0.25, -0.2) is 18.7 Å². The number of hydrogen-bond donors (Lipinski definition) is 0. The van der Waals surface area contributed by atoms with Crippen molar-refractivity contribution in [3.8, 4) is 11.8 Å². The van der Waals surface area contributed by atoms with Crippen molar-refractivity contribution in [1.29, 1.82) is 5.26 Å². The summed E-state index contributed by atoms with van der Waals surface area (Å²) in [6.07, 6.45) is 1.74. The van der Waals surface area contributed by atoms with Gasteiger partial charge in [0.2, 0.25) is 5.28 Å². The van der Waals surface area contributed by atoms with Gasteiger partial charge < -0.3 is 9.64 Å². The van der Waals surface area contributed by atoms with Crippen molar-refractivity contribution in [3.05, 3.63) is 85.8 Å². The van der Waals surface area contributed by atoms with Crippen LogP contribution in [0.15, 0.2) is 36.4 Å². The molecular weight excluding hydrogens is 480 g/mol.